The van der Waals surface area contributed by atoms with Crippen molar-refractivity contribution in [3.8, 4) is 5.75 Å². The van der Waals surface area contributed by atoms with Crippen LogP contribution in [0.3, 0.4) is 0 Å². The molecule has 0 saturated carbocycles. The molecule has 0 fully saturated rings. The largest absolute Gasteiger partial charge is 0.491 e. The maximum atomic E-state index is 6.05. The number of thiol groups is 1. The molecule has 0 aliphatic rings. The molecule has 3 heteroatoms. The highest BCUT2D eigenvalue weighted by Crippen LogP contribution is 2.47. The highest BCUT2D eigenvalue weighted by atomic mass is 32.1. The molecule has 2 nitrogen and oxygen atoms in total. The van der Waals surface area contributed by atoms with Crippen molar-refractivity contribution in [2.45, 2.75) is 84.0 Å². The third-order valence-electron chi connectivity index (χ3n) is 8.57. The van der Waals surface area contributed by atoms with Crippen LogP contribution in [0.2, 0.25) is 0 Å². The summed E-state index contributed by atoms with van der Waals surface area (Å²) in [6.45, 7) is 22.1. The van der Waals surface area contributed by atoms with Gasteiger partial charge in [-0.2, -0.15) is 12.6 Å². The van der Waals surface area contributed by atoms with Gasteiger partial charge in [0.05, 0.1) is 18.6 Å². The average molecular weight is 609 g/mol. The quantitative estimate of drug-likeness (QED) is 0.110. The lowest BCUT2D eigenvalue weighted by atomic mass is 9.64. The Morgan fingerprint density at radius 3 is 1.00 bits per heavy atom. The van der Waals surface area contributed by atoms with Crippen LogP contribution in [0.25, 0.3) is 0 Å². The molecule has 0 saturated heterocycles. The molecule has 0 amide bonds. The second-order valence-electron chi connectivity index (χ2n) is 14.9. The fourth-order valence-electron chi connectivity index (χ4n) is 5.85. The molecule has 0 bridgehead atoms. The summed E-state index contributed by atoms with van der Waals surface area (Å²) < 4.78 is 11.6. The monoisotopic (exact) mass is 608 g/mol. The van der Waals surface area contributed by atoms with Crippen LogP contribution in [-0.4, -0.2) is 25.6 Å². The Morgan fingerprint density at radius 1 is 0.409 bits per heavy atom. The Labute approximate surface area is 272 Å². The maximum absolute atomic E-state index is 6.05. The molecule has 44 heavy (non-hydrogen) atoms. The van der Waals surface area contributed by atoms with Crippen LogP contribution in [-0.2, 0) is 26.4 Å². The van der Waals surface area contributed by atoms with Gasteiger partial charge in [-0.25, -0.2) is 0 Å². The van der Waals surface area contributed by atoms with E-state index in [2.05, 4.69) is 172 Å². The molecule has 0 N–H and O–H groups in total. The molecular weight excluding hydrogens is 557 g/mol. The van der Waals surface area contributed by atoms with Gasteiger partial charge in [0.2, 0.25) is 0 Å². The van der Waals surface area contributed by atoms with E-state index in [-0.39, 0.29) is 16.2 Å². The Balaban J connectivity index is 1.94. The van der Waals surface area contributed by atoms with Crippen molar-refractivity contribution in [2.24, 2.45) is 0 Å². The van der Waals surface area contributed by atoms with Crippen molar-refractivity contribution < 1.29 is 9.47 Å². The van der Waals surface area contributed by atoms with E-state index >= 15 is 0 Å². The van der Waals surface area contributed by atoms with E-state index < -0.39 is 5.41 Å². The predicted molar refractivity (Wildman–Crippen MR) is 191 cm³/mol. The van der Waals surface area contributed by atoms with E-state index in [1.54, 1.807) is 0 Å². The third kappa shape index (κ3) is 7.61. The second kappa shape index (κ2) is 13.5. The van der Waals surface area contributed by atoms with Gasteiger partial charge in [-0.05, 0) is 67.3 Å². The summed E-state index contributed by atoms with van der Waals surface area (Å²) in [5, 5.41) is 0. The lowest BCUT2D eigenvalue weighted by Gasteiger charge is -2.38. The summed E-state index contributed by atoms with van der Waals surface area (Å²) in [5.74, 6) is 1.55. The fraction of sp³-hybridized carbons (Fsp3) is 0.415. The average Bonchev–Trinajstić information content (AvgIpc) is 2.98. The molecule has 0 unspecified atom stereocenters. The molecule has 0 heterocycles. The van der Waals surface area contributed by atoms with E-state index in [9.17, 15) is 0 Å². The minimum atomic E-state index is -0.530. The minimum Gasteiger partial charge on any atom is -0.491 e. The summed E-state index contributed by atoms with van der Waals surface area (Å²) >= 11 is 4.21. The van der Waals surface area contributed by atoms with Gasteiger partial charge in [0, 0.05) is 5.75 Å². The lowest BCUT2D eigenvalue weighted by Crippen LogP contribution is -2.31. The van der Waals surface area contributed by atoms with Crippen LogP contribution in [0.15, 0.2) is 97.1 Å². The number of hydrogen-bond acceptors (Lipinski definition) is 3. The normalized spacial score (nSPS) is 12.8. The summed E-state index contributed by atoms with van der Waals surface area (Å²) in [4.78, 5) is 0. The molecule has 4 rings (SSSR count). The summed E-state index contributed by atoms with van der Waals surface area (Å²) in [6, 6.07) is 36.5. The number of rotatable bonds is 10. The Hall–Kier alpha value is -3.01. The first kappa shape index (κ1) is 33.9. The highest BCUT2D eigenvalue weighted by Gasteiger charge is 2.39. The van der Waals surface area contributed by atoms with Gasteiger partial charge in [0.15, 0.2) is 0 Å². The van der Waals surface area contributed by atoms with Crippen LogP contribution < -0.4 is 4.74 Å². The maximum Gasteiger partial charge on any atom is 0.119 e. The van der Waals surface area contributed by atoms with Crippen LogP contribution in [0, 0.1) is 0 Å². The van der Waals surface area contributed by atoms with Gasteiger partial charge < -0.3 is 9.47 Å². The van der Waals surface area contributed by atoms with Gasteiger partial charge in [0.1, 0.15) is 12.4 Å². The van der Waals surface area contributed by atoms with E-state index in [1.165, 1.54) is 38.9 Å². The van der Waals surface area contributed by atoms with Gasteiger partial charge in [-0.15, -0.1) is 0 Å². The first-order valence-electron chi connectivity index (χ1n) is 15.9. The van der Waals surface area contributed by atoms with Gasteiger partial charge >= 0.3 is 0 Å². The molecule has 4 aromatic rings. The Bertz CT molecular complexity index is 1320. The van der Waals surface area contributed by atoms with Crippen molar-refractivity contribution in [3.05, 3.63) is 136 Å². The SMILES string of the molecule is CC(C)(C)c1ccc(C(c2ccc(OCCOCCS)cc2)(c2ccc(C(C)(C)C)cc2)c2ccc(C(C)(C)C)cc2)cc1. The first-order chi connectivity index (χ1) is 20.7. The van der Waals surface area contributed by atoms with Gasteiger partial charge in [-0.3, -0.25) is 0 Å². The molecule has 0 spiro atoms. The summed E-state index contributed by atoms with van der Waals surface area (Å²) in [7, 11) is 0. The van der Waals surface area contributed by atoms with Gasteiger partial charge in [0.25, 0.3) is 0 Å². The van der Waals surface area contributed by atoms with Crippen LogP contribution >= 0.6 is 12.6 Å². The zero-order valence-electron chi connectivity index (χ0n) is 28.3. The molecule has 0 aliphatic carbocycles. The molecule has 4 aromatic carbocycles. The lowest BCUT2D eigenvalue weighted by molar-refractivity contribution is 0.112. The van der Waals surface area contributed by atoms with Crippen molar-refractivity contribution in [2.75, 3.05) is 25.6 Å². The van der Waals surface area contributed by atoms with Crippen LogP contribution in [0.5, 0.6) is 5.75 Å². The highest BCUT2D eigenvalue weighted by molar-refractivity contribution is 7.80. The standard InChI is InChI=1S/C41H52O2S/c1-38(2,3)30-10-16-33(17-11-30)41(34-18-12-31(13-19-34)39(4,5)6,35-20-14-32(15-21-35)40(7,8)9)36-22-24-37(25-23-36)43-27-26-42-28-29-44/h10-25,44H,26-29H2,1-9H3. The number of hydrogen-bond donors (Lipinski definition) is 1. The van der Waals surface area contributed by atoms with E-state index in [0.717, 1.165) is 5.75 Å². The summed E-state index contributed by atoms with van der Waals surface area (Å²) in [6.07, 6.45) is 0. The third-order valence-corrected chi connectivity index (χ3v) is 8.75. The van der Waals surface area contributed by atoms with E-state index in [0.29, 0.717) is 25.6 Å². The van der Waals surface area contributed by atoms with Crippen molar-refractivity contribution in [3.63, 3.8) is 0 Å². The minimum absolute atomic E-state index is 0.0689. The number of benzene rings is 4. The summed E-state index contributed by atoms with van der Waals surface area (Å²) in [5.41, 5.74) is 8.58. The fourth-order valence-corrected chi connectivity index (χ4v) is 5.98. The Kier molecular flexibility index (Phi) is 10.4. The predicted octanol–water partition coefficient (Wildman–Crippen LogP) is 10.3. The van der Waals surface area contributed by atoms with Crippen LogP contribution in [0.1, 0.15) is 101 Å². The Morgan fingerprint density at radius 2 is 0.705 bits per heavy atom. The molecule has 0 radical (unpaired) electrons. The zero-order valence-corrected chi connectivity index (χ0v) is 29.2. The topological polar surface area (TPSA) is 18.5 Å². The van der Waals surface area contributed by atoms with Gasteiger partial charge in [-0.1, -0.05) is 147 Å². The molecule has 234 valence electrons. The van der Waals surface area contributed by atoms with Crippen LogP contribution in [0.4, 0.5) is 0 Å². The van der Waals surface area contributed by atoms with Crippen molar-refractivity contribution >= 4 is 12.6 Å². The second-order valence-corrected chi connectivity index (χ2v) is 15.4. The molecule has 0 atom stereocenters. The number of ether oxygens (including phenoxy) is 2. The molecule has 0 aliphatic heterocycles. The smallest absolute Gasteiger partial charge is 0.119 e. The van der Waals surface area contributed by atoms with Crippen molar-refractivity contribution in [1.29, 1.82) is 0 Å². The molecular formula is C41H52O2S. The van der Waals surface area contributed by atoms with E-state index in [1.807, 2.05) is 0 Å². The first-order valence-corrected chi connectivity index (χ1v) is 16.6. The van der Waals surface area contributed by atoms with Crippen molar-refractivity contribution in [1.82, 2.24) is 0 Å². The van der Waals surface area contributed by atoms with E-state index in [4.69, 9.17) is 9.47 Å². The zero-order chi connectivity index (χ0) is 32.2. The molecule has 0 aromatic heterocycles.